The van der Waals surface area contributed by atoms with Crippen molar-refractivity contribution in [3.05, 3.63) is 49.8 Å². The zero-order chi connectivity index (χ0) is 71.8. The van der Waals surface area contributed by atoms with Crippen molar-refractivity contribution in [3.8, 4) is 40.9 Å². The molecule has 0 aromatic heterocycles. The van der Waals surface area contributed by atoms with Crippen molar-refractivity contribution in [2.75, 3.05) is 61.0 Å². The predicted octanol–water partition coefficient (Wildman–Crippen LogP) is 2.24. The van der Waals surface area contributed by atoms with Crippen LogP contribution in [-0.2, 0) is 66.6 Å². The number of nitrogens with zero attached hydrogens (tertiary/aromatic N) is 2. The number of fused-ring (bicyclic) bond motifs is 2. The number of amides is 4. The third-order valence-corrected chi connectivity index (χ3v) is 23.3. The lowest BCUT2D eigenvalue weighted by atomic mass is 9.75. The van der Waals surface area contributed by atoms with Crippen LogP contribution < -0.4 is 25.0 Å². The maximum atomic E-state index is 14.5. The Labute approximate surface area is 592 Å². The van der Waals surface area contributed by atoms with E-state index in [-0.39, 0.29) is 83.9 Å². The van der Waals surface area contributed by atoms with Crippen molar-refractivity contribution in [3.63, 3.8) is 0 Å². The molecule has 1 aromatic carbocycles. The van der Waals surface area contributed by atoms with Crippen LogP contribution in [-0.4, -0.2) is 265 Å². The first kappa shape index (κ1) is 78.9. The fourth-order valence-electron chi connectivity index (χ4n) is 12.7. The molecule has 20 atom stereocenters. The number of benzene rings is 1. The van der Waals surface area contributed by atoms with Crippen LogP contribution in [0.3, 0.4) is 0 Å². The highest BCUT2D eigenvalue weighted by atomic mass is 127. The number of imide groups is 1. The summed E-state index contributed by atoms with van der Waals surface area (Å²) in [7, 11) is 4.12. The summed E-state index contributed by atoms with van der Waals surface area (Å²) < 4.78 is 72.9. The summed E-state index contributed by atoms with van der Waals surface area (Å²) in [4.78, 5) is 101. The van der Waals surface area contributed by atoms with Crippen LogP contribution in [0, 0.1) is 34.2 Å². The number of hydroxylamine groups is 1. The average molecular weight is 1550 g/mol. The molecule has 5 saturated heterocycles. The molecule has 5 aliphatic heterocycles. The number of Topliss-reactive ketones (excluding diaryl/α,β-unsaturated/α-hetero) is 1. The molecule has 2 aliphatic carbocycles. The van der Waals surface area contributed by atoms with E-state index in [1.54, 1.807) is 45.7 Å². The molecule has 19 unspecified atom stereocenters. The molecule has 29 nitrogen and oxygen atoms in total. The zero-order valence-electron chi connectivity index (χ0n) is 56.8. The fourth-order valence-corrected chi connectivity index (χ4v) is 16.6. The molecular weight excluding hydrogens is 1460 g/mol. The van der Waals surface area contributed by atoms with Crippen LogP contribution in [0.5, 0.6) is 17.2 Å². The van der Waals surface area contributed by atoms with Crippen LogP contribution >= 0.6 is 46.1 Å². The molecule has 0 saturated carbocycles. The second-order valence-corrected chi connectivity index (χ2v) is 32.7. The summed E-state index contributed by atoms with van der Waals surface area (Å²) >= 11 is 3.87. The van der Waals surface area contributed by atoms with Gasteiger partial charge in [-0.05, 0) is 100 Å². The van der Waals surface area contributed by atoms with Gasteiger partial charge in [-0.15, -0.1) is 11.8 Å². The van der Waals surface area contributed by atoms with Crippen molar-refractivity contribution in [2.24, 2.45) is 0 Å². The predicted molar refractivity (Wildman–Crippen MR) is 362 cm³/mol. The number of hydrogen-bond acceptors (Lipinski definition) is 28. The molecule has 7 aliphatic rings. The largest absolute Gasteiger partial charge is 0.492 e. The van der Waals surface area contributed by atoms with Gasteiger partial charge in [0, 0.05) is 70.4 Å². The van der Waals surface area contributed by atoms with E-state index in [1.807, 2.05) is 29.5 Å². The number of rotatable bonds is 25. The first-order valence-electron chi connectivity index (χ1n) is 32.0. The number of methoxy groups -OCH3 is 5. The number of thioether (sulfide) groups is 2. The van der Waals surface area contributed by atoms with E-state index in [4.69, 9.17) is 61.7 Å². The van der Waals surface area contributed by atoms with Gasteiger partial charge < -0.3 is 92.1 Å². The van der Waals surface area contributed by atoms with E-state index >= 15 is 0 Å². The van der Waals surface area contributed by atoms with Gasteiger partial charge in [0.15, 0.2) is 50.1 Å². The molecule has 8 N–H and O–H groups in total. The standard InChI is InChI=1S/C65H89IN4O25S2Si/c1-14-69(35(6)71)37-30-88-44(27-41(37)83-7)93-57-52(76)49(68-95-45-26-38(72)59(34(5)89-45)97-61(79)46-31(2)48(66)55(58(86-10)54(46)84-8)94-62-53(77)56(85-9)51(75)33(4)91-62)32(3)90-63(57)92-40-20-17-15-16-18-22-65(81)29-39(73)50(67-64(80)87-11)47(40)36(65)21-24-96-42-28-43(74)70(60(42)78)23-19-25-98(12,13)82/h15-16,21,32-34,37-38,40-42,44-45,49,51-53,56-57,59,62-63,68,72,75-77,81-82H,14,19,23-30H2,1-13H3,(H,67,80)/b16-15-,36-21+/t32?,33?,34?,37?,38?,40-,41?,42?,44?,45?,49?,51?,52?,53?,56?,57?,59?,62?,63?,65?/m0/s1. The van der Waals surface area contributed by atoms with E-state index < -0.39 is 164 Å². The number of allylic oxidation sites excluding steroid dienone is 3. The highest BCUT2D eigenvalue weighted by Crippen LogP contribution is 2.49. The molecule has 2 bridgehead atoms. The number of carbonyl (C=O) groups excluding carboxylic acids is 6. The quantitative estimate of drug-likeness (QED) is 0.0229. The lowest BCUT2D eigenvalue weighted by molar-refractivity contribution is -0.337. The van der Waals surface area contributed by atoms with Crippen LogP contribution in [0.15, 0.2) is 35.1 Å². The number of likely N-dealkylation sites (N-methyl/N-ethyl adjacent to an activating group) is 1. The van der Waals surface area contributed by atoms with E-state index in [0.717, 1.165) is 30.6 Å². The minimum absolute atomic E-state index is 0.00493. The Morgan fingerprint density at radius 2 is 1.59 bits per heavy atom. The van der Waals surface area contributed by atoms with Crippen molar-refractivity contribution >= 4 is 89.1 Å². The van der Waals surface area contributed by atoms with Gasteiger partial charge in [0.1, 0.15) is 36.6 Å². The molecule has 33 heteroatoms. The smallest absolute Gasteiger partial charge is 0.411 e. The van der Waals surface area contributed by atoms with Gasteiger partial charge in [-0.25, -0.2) is 4.79 Å². The van der Waals surface area contributed by atoms with Crippen LogP contribution in [0.2, 0.25) is 19.1 Å². The first-order chi connectivity index (χ1) is 46.4. The monoisotopic (exact) mass is 1540 g/mol. The van der Waals surface area contributed by atoms with Gasteiger partial charge in [-0.1, -0.05) is 41.5 Å². The molecule has 98 heavy (non-hydrogen) atoms. The zero-order valence-corrected chi connectivity index (χ0v) is 61.6. The summed E-state index contributed by atoms with van der Waals surface area (Å²) in [5, 5.41) is 59.1. The Morgan fingerprint density at radius 1 is 0.888 bits per heavy atom. The van der Waals surface area contributed by atoms with E-state index in [2.05, 4.69) is 34.5 Å². The van der Waals surface area contributed by atoms with Crippen molar-refractivity contribution < 1.29 is 121 Å². The SMILES string of the molecule is CCN(C(C)=O)C1COC(OC2C(O[C@H]3C#C/C=C\C#CC4(O)CC(=O)C(NC(=O)OC)=C3/C4=C\CSC3CC(=O)N(CCC[Si](C)(C)O)C3=O)OC(C)C(NOC3CC(O)C(SC(=O)c4c(C)c(I)c(OC5OC(C)C(O)C(OC)C5O)c(OC)c4OC)C(C)O3)C2O)CC1OC. The molecule has 8 rings (SSSR count). The van der Waals surface area contributed by atoms with Gasteiger partial charge in [-0.2, -0.15) is 5.48 Å². The molecule has 5 fully saturated rings. The third kappa shape index (κ3) is 18.0. The van der Waals surface area contributed by atoms with Crippen molar-refractivity contribution in [1.29, 1.82) is 0 Å². The molecule has 4 amide bonds. The van der Waals surface area contributed by atoms with Crippen LogP contribution in [0.1, 0.15) is 82.6 Å². The van der Waals surface area contributed by atoms with Crippen molar-refractivity contribution in [1.82, 2.24) is 20.6 Å². The Bertz CT molecular complexity index is 3320. The summed E-state index contributed by atoms with van der Waals surface area (Å²) in [6.07, 6.45) is -15.9. The molecule has 542 valence electrons. The average Bonchev–Trinajstić information content (AvgIpc) is 0.768. The number of aliphatic hydroxyl groups excluding tert-OH is 4. The number of nitrogens with one attached hydrogen (secondary N) is 2. The highest BCUT2D eigenvalue weighted by molar-refractivity contribution is 14.1. The summed E-state index contributed by atoms with van der Waals surface area (Å²) in [5.74, 6) is 9.52. The number of aliphatic hydroxyl groups is 5. The second-order valence-electron chi connectivity index (χ2n) is 25.1. The maximum Gasteiger partial charge on any atom is 0.411 e. The molecule has 0 spiro atoms. The number of ether oxygens (including phenoxy) is 12. The maximum absolute atomic E-state index is 14.5. The second kappa shape index (κ2) is 34.4. The molecule has 0 radical (unpaired) electrons. The molecular formula is C65H89IN4O25S2Si. The summed E-state index contributed by atoms with van der Waals surface area (Å²) in [6.45, 7) is 13.7. The van der Waals surface area contributed by atoms with Crippen LogP contribution in [0.4, 0.5) is 4.79 Å². The van der Waals surface area contributed by atoms with E-state index in [1.165, 1.54) is 58.5 Å². The Balaban J connectivity index is 1.05. The Hall–Kier alpha value is -4.81. The molecule has 5 heterocycles. The lowest BCUT2D eigenvalue weighted by Gasteiger charge is -2.47. The van der Waals surface area contributed by atoms with Gasteiger partial charge >= 0.3 is 6.09 Å². The van der Waals surface area contributed by atoms with E-state index in [0.29, 0.717) is 28.1 Å². The number of carbonyl (C=O) groups is 6. The summed E-state index contributed by atoms with van der Waals surface area (Å²) in [5.41, 5.74) is 0.446. The number of ketones is 1. The lowest BCUT2D eigenvalue weighted by Crippen LogP contribution is -2.65. The van der Waals surface area contributed by atoms with Gasteiger partial charge in [-0.3, -0.25) is 39.0 Å². The Kier molecular flexibility index (Phi) is 27.7. The minimum Gasteiger partial charge on any atom is -0.492 e. The third-order valence-electron chi connectivity index (χ3n) is 17.9. The summed E-state index contributed by atoms with van der Waals surface area (Å²) in [6, 6.07) is -1.26. The number of halogens is 1. The van der Waals surface area contributed by atoms with Gasteiger partial charge in [0.25, 0.3) is 0 Å². The number of alkyl carbamates (subject to hydrolysis) is 1. The van der Waals surface area contributed by atoms with E-state index in [9.17, 15) is 59.1 Å². The van der Waals surface area contributed by atoms with Gasteiger partial charge in [0.2, 0.25) is 34.9 Å². The minimum atomic E-state index is -2.46. The van der Waals surface area contributed by atoms with Gasteiger partial charge in [0.05, 0.1) is 102 Å². The number of hydrogen-bond donors (Lipinski definition) is 8. The normalized spacial score (nSPS) is 34.2. The topological polar surface area (TPSA) is 374 Å². The first-order valence-corrected chi connectivity index (χ1v) is 38.2. The fraction of sp³-hybridized carbons (Fsp3) is 0.662. The highest BCUT2D eigenvalue weighted by Gasteiger charge is 2.53. The number of likely N-dealkylation sites (tertiary alicyclic amines) is 1. The van der Waals surface area contributed by atoms with Crippen molar-refractivity contribution in [2.45, 2.75) is 213 Å². The molecule has 1 aromatic rings. The van der Waals surface area contributed by atoms with Crippen LogP contribution in [0.25, 0.3) is 0 Å². The Morgan fingerprint density at radius 3 is 2.23 bits per heavy atom.